The summed E-state index contributed by atoms with van der Waals surface area (Å²) in [6.45, 7) is 3.55. The largest absolute Gasteiger partial charge is 0.480 e. The number of hydrogen-bond acceptors (Lipinski definition) is 5. The van der Waals surface area contributed by atoms with Crippen molar-refractivity contribution >= 4 is 5.91 Å². The zero-order valence-electron chi connectivity index (χ0n) is 13.8. The summed E-state index contributed by atoms with van der Waals surface area (Å²) in [5, 5.41) is 9.15. The molecule has 0 radical (unpaired) electrons. The number of carbonyl (C=O) groups excluding carboxylic acids is 1. The van der Waals surface area contributed by atoms with Gasteiger partial charge in [-0.3, -0.25) is 4.79 Å². The molecule has 2 aliphatic rings. The third-order valence-corrected chi connectivity index (χ3v) is 4.45. The highest BCUT2D eigenvalue weighted by Crippen LogP contribution is 2.26. The Morgan fingerprint density at radius 1 is 1.33 bits per heavy atom. The van der Waals surface area contributed by atoms with Crippen molar-refractivity contribution in [1.29, 1.82) is 5.26 Å². The van der Waals surface area contributed by atoms with E-state index in [9.17, 15) is 4.79 Å². The highest BCUT2D eigenvalue weighted by molar-refractivity contribution is 5.81. The molecule has 2 saturated heterocycles. The van der Waals surface area contributed by atoms with Crippen molar-refractivity contribution in [2.75, 3.05) is 19.8 Å². The van der Waals surface area contributed by atoms with Gasteiger partial charge in [-0.2, -0.15) is 5.26 Å². The number of piperidine rings is 1. The van der Waals surface area contributed by atoms with Gasteiger partial charge in [0.2, 0.25) is 0 Å². The van der Waals surface area contributed by atoms with E-state index in [1.807, 2.05) is 4.90 Å². The molecule has 2 aliphatic heterocycles. The SMILES string of the molecule is C[C@@H](Oc1ccccc1C#N)C(=O)N1CCCC[C@@H]1C1OCCO1. The summed E-state index contributed by atoms with van der Waals surface area (Å²) < 4.78 is 17.0. The second-order valence-electron chi connectivity index (χ2n) is 6.07. The Morgan fingerprint density at radius 2 is 2.08 bits per heavy atom. The Morgan fingerprint density at radius 3 is 2.83 bits per heavy atom. The highest BCUT2D eigenvalue weighted by atomic mass is 16.7. The molecule has 2 atom stereocenters. The standard InChI is InChI=1S/C18H22N2O4/c1-13(24-16-8-3-2-6-14(16)12-19)17(21)20-9-5-4-7-15(20)18-22-10-11-23-18/h2-3,6,8,13,15,18H,4-5,7,9-11H2,1H3/t13-,15-/m1/s1. The van der Waals surface area contributed by atoms with Crippen molar-refractivity contribution in [2.24, 2.45) is 0 Å². The molecule has 0 aliphatic carbocycles. The molecule has 1 amide bonds. The van der Waals surface area contributed by atoms with Gasteiger partial charge in [-0.05, 0) is 38.3 Å². The zero-order chi connectivity index (χ0) is 16.9. The van der Waals surface area contributed by atoms with E-state index in [0.717, 1.165) is 19.3 Å². The summed E-state index contributed by atoms with van der Waals surface area (Å²) in [5.41, 5.74) is 0.426. The first-order valence-electron chi connectivity index (χ1n) is 8.40. The molecule has 0 spiro atoms. The van der Waals surface area contributed by atoms with E-state index in [-0.39, 0.29) is 18.2 Å². The van der Waals surface area contributed by atoms with Crippen LogP contribution in [-0.2, 0) is 14.3 Å². The van der Waals surface area contributed by atoms with Crippen molar-refractivity contribution in [3.05, 3.63) is 29.8 Å². The van der Waals surface area contributed by atoms with E-state index >= 15 is 0 Å². The monoisotopic (exact) mass is 330 g/mol. The average Bonchev–Trinajstić information content (AvgIpc) is 3.16. The van der Waals surface area contributed by atoms with Crippen LogP contribution < -0.4 is 4.74 Å². The Hall–Kier alpha value is -2.10. The smallest absolute Gasteiger partial charge is 0.263 e. The molecule has 1 aromatic rings. The Labute approximate surface area is 141 Å². The highest BCUT2D eigenvalue weighted by Gasteiger charge is 2.38. The van der Waals surface area contributed by atoms with Crippen molar-refractivity contribution in [2.45, 2.75) is 44.6 Å². The van der Waals surface area contributed by atoms with Gasteiger partial charge >= 0.3 is 0 Å². The normalized spacial score (nSPS) is 22.8. The molecule has 0 saturated carbocycles. The summed E-state index contributed by atoms with van der Waals surface area (Å²) in [5.74, 6) is 0.342. The minimum absolute atomic E-state index is 0.0639. The van der Waals surface area contributed by atoms with E-state index in [0.29, 0.717) is 31.1 Å². The Balaban J connectivity index is 1.70. The molecular weight excluding hydrogens is 308 g/mol. The van der Waals surface area contributed by atoms with Gasteiger partial charge in [0, 0.05) is 6.54 Å². The van der Waals surface area contributed by atoms with Crippen molar-refractivity contribution in [1.82, 2.24) is 4.90 Å². The number of benzene rings is 1. The van der Waals surface area contributed by atoms with Gasteiger partial charge in [0.25, 0.3) is 5.91 Å². The fraction of sp³-hybridized carbons (Fsp3) is 0.556. The first kappa shape index (κ1) is 16.7. The summed E-state index contributed by atoms with van der Waals surface area (Å²) >= 11 is 0. The number of nitrogens with zero attached hydrogens (tertiary/aromatic N) is 2. The van der Waals surface area contributed by atoms with Crippen LogP contribution in [0.4, 0.5) is 0 Å². The lowest BCUT2D eigenvalue weighted by Gasteiger charge is -2.39. The molecule has 0 bridgehead atoms. The van der Waals surface area contributed by atoms with Crippen LogP contribution >= 0.6 is 0 Å². The van der Waals surface area contributed by atoms with Crippen LogP contribution in [0, 0.1) is 11.3 Å². The summed E-state index contributed by atoms with van der Waals surface area (Å²) in [4.78, 5) is 14.7. The first-order valence-corrected chi connectivity index (χ1v) is 8.40. The van der Waals surface area contributed by atoms with Crippen LogP contribution in [0.1, 0.15) is 31.7 Å². The quantitative estimate of drug-likeness (QED) is 0.845. The molecule has 128 valence electrons. The molecule has 0 aromatic heterocycles. The van der Waals surface area contributed by atoms with Crippen LogP contribution in [-0.4, -0.2) is 49.0 Å². The van der Waals surface area contributed by atoms with Crippen LogP contribution in [0.15, 0.2) is 24.3 Å². The molecule has 6 heteroatoms. The molecule has 2 fully saturated rings. The lowest BCUT2D eigenvalue weighted by atomic mass is 10.0. The van der Waals surface area contributed by atoms with Crippen LogP contribution in [0.5, 0.6) is 5.75 Å². The second kappa shape index (κ2) is 7.65. The maximum absolute atomic E-state index is 12.9. The molecule has 6 nitrogen and oxygen atoms in total. The van der Waals surface area contributed by atoms with Crippen LogP contribution in [0.2, 0.25) is 0 Å². The van der Waals surface area contributed by atoms with Crippen molar-refractivity contribution < 1.29 is 19.0 Å². The van der Waals surface area contributed by atoms with Crippen LogP contribution in [0.3, 0.4) is 0 Å². The summed E-state index contributed by atoms with van der Waals surface area (Å²) in [6.07, 6.45) is 1.90. The van der Waals surface area contributed by atoms with E-state index < -0.39 is 6.10 Å². The molecular formula is C18H22N2O4. The maximum Gasteiger partial charge on any atom is 0.263 e. The lowest BCUT2D eigenvalue weighted by molar-refractivity contribution is -0.156. The number of rotatable bonds is 4. The van der Waals surface area contributed by atoms with Crippen LogP contribution in [0.25, 0.3) is 0 Å². The number of carbonyl (C=O) groups is 1. The zero-order valence-corrected chi connectivity index (χ0v) is 13.8. The second-order valence-corrected chi connectivity index (χ2v) is 6.07. The number of para-hydroxylation sites is 1. The van der Waals surface area contributed by atoms with Gasteiger partial charge in [-0.1, -0.05) is 12.1 Å². The third kappa shape index (κ3) is 3.53. The van der Waals surface area contributed by atoms with Gasteiger partial charge < -0.3 is 19.1 Å². The van der Waals surface area contributed by atoms with Gasteiger partial charge in [0.15, 0.2) is 12.4 Å². The van der Waals surface area contributed by atoms with Gasteiger partial charge in [0.05, 0.1) is 24.8 Å². The topological polar surface area (TPSA) is 71.8 Å². The molecule has 3 rings (SSSR count). The van der Waals surface area contributed by atoms with Crippen molar-refractivity contribution in [3.8, 4) is 11.8 Å². The summed E-state index contributed by atoms with van der Waals surface area (Å²) in [7, 11) is 0. The minimum atomic E-state index is -0.665. The number of hydrogen-bond donors (Lipinski definition) is 0. The molecule has 0 N–H and O–H groups in total. The lowest BCUT2D eigenvalue weighted by Crippen LogP contribution is -2.53. The van der Waals surface area contributed by atoms with E-state index in [1.54, 1.807) is 31.2 Å². The minimum Gasteiger partial charge on any atom is -0.480 e. The third-order valence-electron chi connectivity index (χ3n) is 4.45. The summed E-state index contributed by atoms with van der Waals surface area (Å²) in [6, 6.07) is 8.96. The predicted octanol–water partition coefficient (Wildman–Crippen LogP) is 2.08. The average molecular weight is 330 g/mol. The number of likely N-dealkylation sites (tertiary alicyclic amines) is 1. The van der Waals surface area contributed by atoms with E-state index in [2.05, 4.69) is 6.07 Å². The maximum atomic E-state index is 12.9. The van der Waals surface area contributed by atoms with Gasteiger partial charge in [0.1, 0.15) is 11.8 Å². The Kier molecular flexibility index (Phi) is 5.34. The first-order chi connectivity index (χ1) is 11.7. The van der Waals surface area contributed by atoms with E-state index in [1.165, 1.54) is 0 Å². The number of ether oxygens (including phenoxy) is 3. The van der Waals surface area contributed by atoms with E-state index in [4.69, 9.17) is 19.5 Å². The number of amides is 1. The van der Waals surface area contributed by atoms with Gasteiger partial charge in [-0.15, -0.1) is 0 Å². The van der Waals surface area contributed by atoms with Gasteiger partial charge in [-0.25, -0.2) is 0 Å². The fourth-order valence-corrected chi connectivity index (χ4v) is 3.25. The van der Waals surface area contributed by atoms with Crippen molar-refractivity contribution in [3.63, 3.8) is 0 Å². The number of nitriles is 1. The molecule has 0 unspecified atom stereocenters. The molecule has 1 aromatic carbocycles. The molecule has 2 heterocycles. The fourth-order valence-electron chi connectivity index (χ4n) is 3.25. The Bertz CT molecular complexity index is 622. The predicted molar refractivity (Wildman–Crippen MR) is 86.3 cm³/mol. The molecule has 24 heavy (non-hydrogen) atoms.